The summed E-state index contributed by atoms with van der Waals surface area (Å²) in [6.45, 7) is 0. The molecule has 12 aromatic rings. The van der Waals surface area contributed by atoms with Crippen molar-refractivity contribution in [1.82, 2.24) is 4.57 Å². The first-order valence-corrected chi connectivity index (χ1v) is 23.3. The Hall–Kier alpha value is -8.72. The van der Waals surface area contributed by atoms with Gasteiger partial charge < -0.3 is 9.47 Å². The van der Waals surface area contributed by atoms with Crippen molar-refractivity contribution in [3.8, 4) is 50.2 Å². The van der Waals surface area contributed by atoms with Gasteiger partial charge in [-0.05, 0) is 133 Å². The number of hydrogen-bond acceptors (Lipinski definition) is 1. The monoisotopic (exact) mass is 850 g/mol. The summed E-state index contributed by atoms with van der Waals surface area (Å²) in [6.07, 6.45) is 0. The molecular weight excluding hydrogens is 809 g/mol. The van der Waals surface area contributed by atoms with Crippen LogP contribution in [0.25, 0.3) is 82.8 Å². The van der Waals surface area contributed by atoms with Crippen LogP contribution in [0.15, 0.2) is 255 Å². The first kappa shape index (κ1) is 37.6. The maximum atomic E-state index is 2.49. The zero-order valence-electron chi connectivity index (χ0n) is 36.6. The van der Waals surface area contributed by atoms with E-state index in [1.54, 1.807) is 0 Å². The SMILES string of the molecule is c1ccc(-n2c3ccccc3c3cc(-c4ccc(-c5ccc(N(c6ccc7c(c6)C6(c8ccccc8-c8ccccc86)c6ccccc6-7)c6cccc7ccccc67)cc5)cc4)ccc32)cc1. The lowest BCUT2D eigenvalue weighted by Crippen LogP contribution is -2.26. The van der Waals surface area contributed by atoms with Gasteiger partial charge >= 0.3 is 0 Å². The Bertz CT molecular complexity index is 3850. The van der Waals surface area contributed by atoms with Crippen molar-refractivity contribution < 1.29 is 0 Å². The number of fused-ring (bicyclic) bond motifs is 14. The van der Waals surface area contributed by atoms with Crippen LogP contribution in [-0.4, -0.2) is 4.57 Å². The van der Waals surface area contributed by atoms with Gasteiger partial charge in [0.1, 0.15) is 0 Å². The van der Waals surface area contributed by atoms with Crippen molar-refractivity contribution in [2.45, 2.75) is 5.41 Å². The highest BCUT2D eigenvalue weighted by Crippen LogP contribution is 2.63. The molecule has 2 nitrogen and oxygen atoms in total. The van der Waals surface area contributed by atoms with E-state index in [0.29, 0.717) is 0 Å². The molecule has 0 radical (unpaired) electrons. The van der Waals surface area contributed by atoms with E-state index in [-0.39, 0.29) is 0 Å². The quantitative estimate of drug-likeness (QED) is 0.162. The maximum Gasteiger partial charge on any atom is 0.0726 e. The molecule has 2 aliphatic carbocycles. The van der Waals surface area contributed by atoms with Crippen molar-refractivity contribution in [2.24, 2.45) is 0 Å². The van der Waals surface area contributed by atoms with Gasteiger partial charge in [0, 0.05) is 33.2 Å². The number of benzene rings is 11. The summed E-state index contributed by atoms with van der Waals surface area (Å²) in [4.78, 5) is 2.46. The lowest BCUT2D eigenvalue weighted by atomic mass is 9.70. The van der Waals surface area contributed by atoms with Gasteiger partial charge in [0.25, 0.3) is 0 Å². The highest BCUT2D eigenvalue weighted by Gasteiger charge is 2.51. The molecule has 1 heterocycles. The fourth-order valence-corrected chi connectivity index (χ4v) is 11.7. The Morgan fingerprint density at radius 2 is 0.791 bits per heavy atom. The molecular formula is C65H42N2. The van der Waals surface area contributed by atoms with Crippen LogP contribution in [0.4, 0.5) is 17.1 Å². The molecule has 312 valence electrons. The number of nitrogens with zero attached hydrogens (tertiary/aromatic N) is 2. The molecule has 14 rings (SSSR count). The third-order valence-corrected chi connectivity index (χ3v) is 14.6. The molecule has 0 atom stereocenters. The lowest BCUT2D eigenvalue weighted by Gasteiger charge is -2.32. The molecule has 11 aromatic carbocycles. The topological polar surface area (TPSA) is 8.17 Å². The second-order valence-corrected chi connectivity index (χ2v) is 18.0. The van der Waals surface area contributed by atoms with E-state index < -0.39 is 5.41 Å². The summed E-state index contributed by atoms with van der Waals surface area (Å²) >= 11 is 0. The predicted molar refractivity (Wildman–Crippen MR) is 280 cm³/mol. The van der Waals surface area contributed by atoms with Gasteiger partial charge in [-0.25, -0.2) is 0 Å². The van der Waals surface area contributed by atoms with E-state index >= 15 is 0 Å². The van der Waals surface area contributed by atoms with E-state index in [2.05, 4.69) is 264 Å². The molecule has 2 heteroatoms. The Kier molecular flexibility index (Phi) is 8.23. The first-order valence-electron chi connectivity index (χ1n) is 23.3. The normalized spacial score (nSPS) is 12.9. The lowest BCUT2D eigenvalue weighted by molar-refractivity contribution is 0.793. The highest BCUT2D eigenvalue weighted by atomic mass is 15.1. The fraction of sp³-hybridized carbons (Fsp3) is 0.0154. The summed E-state index contributed by atoms with van der Waals surface area (Å²) < 4.78 is 2.37. The van der Waals surface area contributed by atoms with E-state index in [4.69, 9.17) is 0 Å². The molecule has 0 saturated heterocycles. The van der Waals surface area contributed by atoms with Crippen molar-refractivity contribution in [2.75, 3.05) is 4.90 Å². The summed E-state index contributed by atoms with van der Waals surface area (Å²) in [7, 11) is 0. The second-order valence-electron chi connectivity index (χ2n) is 18.0. The third kappa shape index (κ3) is 5.51. The summed E-state index contributed by atoms with van der Waals surface area (Å²) in [5.41, 5.74) is 21.9. The van der Waals surface area contributed by atoms with Crippen molar-refractivity contribution in [1.29, 1.82) is 0 Å². The van der Waals surface area contributed by atoms with Gasteiger partial charge in [0.05, 0.1) is 22.1 Å². The average molecular weight is 851 g/mol. The van der Waals surface area contributed by atoms with Crippen molar-refractivity contribution >= 4 is 49.6 Å². The molecule has 0 bridgehead atoms. The van der Waals surface area contributed by atoms with Crippen LogP contribution in [0.1, 0.15) is 22.3 Å². The van der Waals surface area contributed by atoms with Crippen molar-refractivity contribution in [3.05, 3.63) is 277 Å². The average Bonchev–Trinajstić information content (AvgIpc) is 4.01. The Balaban J connectivity index is 0.869. The number of anilines is 3. The minimum absolute atomic E-state index is 0.428. The standard InChI is InChI=1S/C65H42N2/c1-2-17-48(18-3-1)67-63-27-13-9-23-56(63)57-41-47(35-40-64(57)67)45-31-29-43(30-32-45)44-33-36-49(37-34-44)66(62-28-14-16-46-15-4-5-19-51(46)62)50-38-39-55-54-22-8-12-26-60(54)65(61(55)42-50)58-24-10-6-20-52(58)53-21-7-11-25-59(53)65/h1-42H. The molecule has 1 spiro atoms. The summed E-state index contributed by atoms with van der Waals surface area (Å²) in [6, 6.07) is 94.2. The van der Waals surface area contributed by atoms with Gasteiger partial charge in [0.2, 0.25) is 0 Å². The van der Waals surface area contributed by atoms with Crippen LogP contribution in [0.5, 0.6) is 0 Å². The van der Waals surface area contributed by atoms with Gasteiger partial charge in [-0.3, -0.25) is 0 Å². The zero-order valence-corrected chi connectivity index (χ0v) is 36.6. The van der Waals surface area contributed by atoms with E-state index in [9.17, 15) is 0 Å². The van der Waals surface area contributed by atoms with E-state index in [1.165, 1.54) is 105 Å². The molecule has 67 heavy (non-hydrogen) atoms. The molecule has 0 aliphatic heterocycles. The molecule has 0 unspecified atom stereocenters. The van der Waals surface area contributed by atoms with Gasteiger partial charge in [0.15, 0.2) is 0 Å². The molecule has 0 amide bonds. The third-order valence-electron chi connectivity index (χ3n) is 14.6. The molecule has 0 fully saturated rings. The number of para-hydroxylation sites is 2. The molecule has 2 aliphatic rings. The maximum absolute atomic E-state index is 2.49. The van der Waals surface area contributed by atoms with Crippen LogP contribution in [0.3, 0.4) is 0 Å². The Morgan fingerprint density at radius 3 is 1.48 bits per heavy atom. The number of aromatic nitrogens is 1. The zero-order chi connectivity index (χ0) is 44.1. The van der Waals surface area contributed by atoms with Crippen molar-refractivity contribution in [3.63, 3.8) is 0 Å². The second kappa shape index (κ2) is 14.7. The van der Waals surface area contributed by atoms with Crippen LogP contribution in [-0.2, 0) is 5.41 Å². The highest BCUT2D eigenvalue weighted by molar-refractivity contribution is 6.10. The smallest absolute Gasteiger partial charge is 0.0726 e. The minimum atomic E-state index is -0.428. The molecule has 1 aromatic heterocycles. The fourth-order valence-electron chi connectivity index (χ4n) is 11.7. The summed E-state index contributed by atoms with van der Waals surface area (Å²) in [5, 5.41) is 4.94. The van der Waals surface area contributed by atoms with Crippen LogP contribution >= 0.6 is 0 Å². The van der Waals surface area contributed by atoms with Gasteiger partial charge in [-0.2, -0.15) is 0 Å². The largest absolute Gasteiger partial charge is 0.310 e. The predicted octanol–water partition coefficient (Wildman–Crippen LogP) is 17.1. The minimum Gasteiger partial charge on any atom is -0.310 e. The van der Waals surface area contributed by atoms with Crippen LogP contribution in [0.2, 0.25) is 0 Å². The van der Waals surface area contributed by atoms with Gasteiger partial charge in [-0.15, -0.1) is 0 Å². The van der Waals surface area contributed by atoms with Crippen LogP contribution < -0.4 is 4.90 Å². The Labute approximate surface area is 389 Å². The number of hydrogen-bond donors (Lipinski definition) is 0. The first-order chi connectivity index (χ1) is 33.2. The van der Waals surface area contributed by atoms with Crippen LogP contribution in [0, 0.1) is 0 Å². The molecule has 0 N–H and O–H groups in total. The van der Waals surface area contributed by atoms with E-state index in [0.717, 1.165) is 17.1 Å². The Morgan fingerprint density at radius 1 is 0.299 bits per heavy atom. The summed E-state index contributed by atoms with van der Waals surface area (Å²) in [5.74, 6) is 0. The molecule has 0 saturated carbocycles. The van der Waals surface area contributed by atoms with E-state index in [1.807, 2.05) is 0 Å². The number of rotatable bonds is 6. The van der Waals surface area contributed by atoms with Gasteiger partial charge in [-0.1, -0.05) is 194 Å².